The predicted octanol–water partition coefficient (Wildman–Crippen LogP) is 2.07. The smallest absolute Gasteiger partial charge is 0.250 e. The number of carbonyl (C=O) groups is 1. The van der Waals surface area contributed by atoms with Gasteiger partial charge in [0.05, 0.1) is 5.56 Å². The number of rotatable bonds is 6. The molecular formula is C11H14Cl2N2O. The maximum absolute atomic E-state index is 11.3. The van der Waals surface area contributed by atoms with Gasteiger partial charge in [-0.1, -0.05) is 12.1 Å². The number of nitrogens with zero attached hydrogens (tertiary/aromatic N) is 1. The molecule has 2 N–H and O–H groups in total. The molecule has 0 aliphatic rings. The number of hydrogen-bond acceptors (Lipinski definition) is 2. The van der Waals surface area contributed by atoms with Gasteiger partial charge in [0.15, 0.2) is 0 Å². The molecule has 1 amide bonds. The normalized spacial score (nSPS) is 10.1. The van der Waals surface area contributed by atoms with Gasteiger partial charge in [-0.15, -0.1) is 23.2 Å². The molecule has 3 nitrogen and oxygen atoms in total. The van der Waals surface area contributed by atoms with Gasteiger partial charge in [-0.05, 0) is 12.1 Å². The zero-order valence-electron chi connectivity index (χ0n) is 8.83. The number of para-hydroxylation sites is 1. The van der Waals surface area contributed by atoms with Crippen molar-refractivity contribution in [2.75, 3.05) is 29.7 Å². The van der Waals surface area contributed by atoms with Crippen molar-refractivity contribution < 1.29 is 4.79 Å². The summed E-state index contributed by atoms with van der Waals surface area (Å²) in [6, 6.07) is 7.19. The van der Waals surface area contributed by atoms with Crippen LogP contribution in [0.25, 0.3) is 0 Å². The summed E-state index contributed by atoms with van der Waals surface area (Å²) >= 11 is 11.4. The molecule has 0 saturated heterocycles. The van der Waals surface area contributed by atoms with Crippen LogP contribution in [0.1, 0.15) is 10.4 Å². The van der Waals surface area contributed by atoms with E-state index in [2.05, 4.69) is 0 Å². The molecule has 0 aliphatic heterocycles. The summed E-state index contributed by atoms with van der Waals surface area (Å²) < 4.78 is 0. The van der Waals surface area contributed by atoms with E-state index in [-0.39, 0.29) is 0 Å². The maximum atomic E-state index is 11.3. The number of alkyl halides is 2. The van der Waals surface area contributed by atoms with Gasteiger partial charge >= 0.3 is 0 Å². The summed E-state index contributed by atoms with van der Waals surface area (Å²) in [6.07, 6.45) is 0. The number of halogens is 2. The van der Waals surface area contributed by atoms with Crippen LogP contribution in [0.3, 0.4) is 0 Å². The first-order valence-corrected chi connectivity index (χ1v) is 6.03. The van der Waals surface area contributed by atoms with Crippen molar-refractivity contribution in [2.24, 2.45) is 5.73 Å². The topological polar surface area (TPSA) is 46.3 Å². The van der Waals surface area contributed by atoms with Crippen LogP contribution < -0.4 is 10.6 Å². The fourth-order valence-corrected chi connectivity index (χ4v) is 1.92. The van der Waals surface area contributed by atoms with E-state index in [1.807, 2.05) is 17.0 Å². The molecule has 0 spiro atoms. The Kier molecular flexibility index (Phi) is 5.43. The van der Waals surface area contributed by atoms with E-state index < -0.39 is 5.91 Å². The Morgan fingerprint density at radius 3 is 2.25 bits per heavy atom. The van der Waals surface area contributed by atoms with Crippen molar-refractivity contribution in [3.05, 3.63) is 29.8 Å². The molecule has 0 radical (unpaired) electrons. The average molecular weight is 261 g/mol. The molecule has 0 aromatic heterocycles. The lowest BCUT2D eigenvalue weighted by Crippen LogP contribution is -2.30. The fraction of sp³-hybridized carbons (Fsp3) is 0.364. The molecule has 0 saturated carbocycles. The quantitative estimate of drug-likeness (QED) is 0.797. The average Bonchev–Trinajstić information content (AvgIpc) is 2.29. The Morgan fingerprint density at radius 1 is 1.19 bits per heavy atom. The lowest BCUT2D eigenvalue weighted by Gasteiger charge is -2.24. The van der Waals surface area contributed by atoms with Crippen molar-refractivity contribution in [3.8, 4) is 0 Å². The highest BCUT2D eigenvalue weighted by molar-refractivity contribution is 6.18. The van der Waals surface area contributed by atoms with Crippen LogP contribution in [0.15, 0.2) is 24.3 Å². The predicted molar refractivity (Wildman–Crippen MR) is 68.6 cm³/mol. The van der Waals surface area contributed by atoms with Gasteiger partial charge in [0.25, 0.3) is 5.91 Å². The molecule has 1 aromatic carbocycles. The third kappa shape index (κ3) is 3.29. The number of nitrogens with two attached hydrogens (primary N) is 1. The van der Waals surface area contributed by atoms with Gasteiger partial charge in [0.2, 0.25) is 0 Å². The van der Waals surface area contributed by atoms with E-state index in [1.54, 1.807) is 12.1 Å². The highest BCUT2D eigenvalue weighted by atomic mass is 35.5. The minimum absolute atomic E-state index is 0.440. The third-order valence-corrected chi connectivity index (χ3v) is 2.56. The molecule has 88 valence electrons. The summed E-state index contributed by atoms with van der Waals surface area (Å²) in [5, 5.41) is 0. The number of amides is 1. The minimum Gasteiger partial charge on any atom is -0.368 e. The Bertz CT molecular complexity index is 352. The van der Waals surface area contributed by atoms with Crippen LogP contribution in [0.2, 0.25) is 0 Å². The zero-order valence-corrected chi connectivity index (χ0v) is 10.3. The molecule has 5 heteroatoms. The number of hydrogen-bond donors (Lipinski definition) is 1. The second kappa shape index (κ2) is 6.61. The van der Waals surface area contributed by atoms with Crippen LogP contribution >= 0.6 is 23.2 Å². The molecule has 1 aromatic rings. The van der Waals surface area contributed by atoms with E-state index >= 15 is 0 Å². The van der Waals surface area contributed by atoms with Gasteiger partial charge in [0.1, 0.15) is 0 Å². The molecule has 0 unspecified atom stereocenters. The molecule has 0 heterocycles. The first-order chi connectivity index (χ1) is 7.70. The van der Waals surface area contributed by atoms with E-state index in [4.69, 9.17) is 28.9 Å². The number of primary amides is 1. The van der Waals surface area contributed by atoms with Crippen LogP contribution in [-0.2, 0) is 0 Å². The first-order valence-electron chi connectivity index (χ1n) is 4.96. The van der Waals surface area contributed by atoms with Gasteiger partial charge in [-0.3, -0.25) is 4.79 Å². The van der Waals surface area contributed by atoms with Crippen LogP contribution in [0.5, 0.6) is 0 Å². The minimum atomic E-state index is -0.440. The van der Waals surface area contributed by atoms with Gasteiger partial charge in [-0.25, -0.2) is 0 Å². The Hall–Kier alpha value is -0.930. The van der Waals surface area contributed by atoms with Crippen molar-refractivity contribution >= 4 is 34.8 Å². The van der Waals surface area contributed by atoms with Crippen molar-refractivity contribution in [1.82, 2.24) is 0 Å². The molecule has 0 bridgehead atoms. The Morgan fingerprint density at radius 2 is 1.75 bits per heavy atom. The maximum Gasteiger partial charge on any atom is 0.250 e. The standard InChI is InChI=1S/C11H14Cl2N2O/c12-5-7-15(8-6-13)10-4-2-1-3-9(10)11(14)16/h1-4H,5-8H2,(H2,14,16). The van der Waals surface area contributed by atoms with E-state index in [9.17, 15) is 4.79 Å². The third-order valence-electron chi connectivity index (χ3n) is 2.22. The summed E-state index contributed by atoms with van der Waals surface area (Å²) in [7, 11) is 0. The zero-order chi connectivity index (χ0) is 12.0. The molecule has 1 rings (SSSR count). The second-order valence-electron chi connectivity index (χ2n) is 3.25. The second-order valence-corrected chi connectivity index (χ2v) is 4.00. The van der Waals surface area contributed by atoms with E-state index in [0.717, 1.165) is 5.69 Å². The molecule has 0 fully saturated rings. The highest BCUT2D eigenvalue weighted by Gasteiger charge is 2.13. The van der Waals surface area contributed by atoms with Crippen LogP contribution in [0.4, 0.5) is 5.69 Å². The van der Waals surface area contributed by atoms with Gasteiger partial charge in [0, 0.05) is 30.5 Å². The largest absolute Gasteiger partial charge is 0.368 e. The van der Waals surface area contributed by atoms with Crippen molar-refractivity contribution in [2.45, 2.75) is 0 Å². The first kappa shape index (κ1) is 13.1. The fourth-order valence-electron chi connectivity index (χ4n) is 1.51. The number of carbonyl (C=O) groups excluding carboxylic acids is 1. The van der Waals surface area contributed by atoms with Crippen molar-refractivity contribution in [3.63, 3.8) is 0 Å². The molecular weight excluding hydrogens is 247 g/mol. The monoisotopic (exact) mass is 260 g/mol. The Labute approximate surface area is 105 Å². The summed E-state index contributed by atoms with van der Waals surface area (Å²) in [6.45, 7) is 1.27. The summed E-state index contributed by atoms with van der Waals surface area (Å²) in [4.78, 5) is 13.2. The Balaban J connectivity index is 3.02. The SMILES string of the molecule is NC(=O)c1ccccc1N(CCCl)CCCl. The van der Waals surface area contributed by atoms with Gasteiger partial charge in [-0.2, -0.15) is 0 Å². The van der Waals surface area contributed by atoms with Crippen molar-refractivity contribution in [1.29, 1.82) is 0 Å². The van der Waals surface area contributed by atoms with E-state index in [0.29, 0.717) is 30.4 Å². The van der Waals surface area contributed by atoms with E-state index in [1.165, 1.54) is 0 Å². The summed E-state index contributed by atoms with van der Waals surface area (Å²) in [5.74, 6) is 0.512. The summed E-state index contributed by atoms with van der Waals surface area (Å²) in [5.41, 5.74) is 6.60. The highest BCUT2D eigenvalue weighted by Crippen LogP contribution is 2.19. The van der Waals surface area contributed by atoms with Gasteiger partial charge < -0.3 is 10.6 Å². The molecule has 16 heavy (non-hydrogen) atoms. The number of benzene rings is 1. The lowest BCUT2D eigenvalue weighted by atomic mass is 10.1. The molecule has 0 atom stereocenters. The lowest BCUT2D eigenvalue weighted by molar-refractivity contribution is 0.100. The number of anilines is 1. The van der Waals surface area contributed by atoms with Crippen LogP contribution in [-0.4, -0.2) is 30.8 Å². The molecule has 0 aliphatic carbocycles. The van der Waals surface area contributed by atoms with Crippen LogP contribution in [0, 0.1) is 0 Å².